The summed E-state index contributed by atoms with van der Waals surface area (Å²) in [5, 5.41) is 1.08. The third kappa shape index (κ3) is 5.16. The lowest BCUT2D eigenvalue weighted by atomic mass is 10.2. The van der Waals surface area contributed by atoms with Crippen molar-refractivity contribution in [2.45, 2.75) is 38.0 Å². The van der Waals surface area contributed by atoms with Gasteiger partial charge in [-0.1, -0.05) is 42.0 Å². The molecule has 0 N–H and O–H groups in total. The van der Waals surface area contributed by atoms with Gasteiger partial charge in [-0.15, -0.1) is 11.8 Å². The number of carbonyl (C=O) groups excluding carboxylic acids is 1. The highest BCUT2D eigenvalue weighted by molar-refractivity contribution is 7.99. The van der Waals surface area contributed by atoms with Gasteiger partial charge >= 0.3 is 0 Å². The average Bonchev–Trinajstić information content (AvgIpc) is 3.21. The first-order chi connectivity index (χ1) is 14.6. The van der Waals surface area contributed by atoms with Gasteiger partial charge < -0.3 is 9.80 Å². The lowest BCUT2D eigenvalue weighted by molar-refractivity contribution is -0.131. The smallest absolute Gasteiger partial charge is 0.222 e. The Kier molecular flexibility index (Phi) is 6.95. The minimum Gasteiger partial charge on any atom is -0.345 e. The first-order valence-corrected chi connectivity index (χ1v) is 12.5. The van der Waals surface area contributed by atoms with Crippen LogP contribution in [0, 0.1) is 6.92 Å². The second kappa shape index (κ2) is 9.84. The summed E-state index contributed by atoms with van der Waals surface area (Å²) < 4.78 is 1.26. The van der Waals surface area contributed by atoms with Gasteiger partial charge in [0, 0.05) is 37.5 Å². The zero-order valence-corrected chi connectivity index (χ0v) is 19.4. The predicted molar refractivity (Wildman–Crippen MR) is 129 cm³/mol. The molecule has 1 saturated heterocycles. The highest BCUT2D eigenvalue weighted by Crippen LogP contribution is 2.30. The molecule has 0 radical (unpaired) electrons. The molecule has 4 nitrogen and oxygen atoms in total. The van der Waals surface area contributed by atoms with E-state index in [0.29, 0.717) is 6.42 Å². The van der Waals surface area contributed by atoms with Crippen molar-refractivity contribution in [1.82, 2.24) is 9.88 Å². The number of thioether (sulfide) groups is 1. The van der Waals surface area contributed by atoms with Gasteiger partial charge in [0.25, 0.3) is 0 Å². The first kappa shape index (κ1) is 21.2. The average molecular weight is 440 g/mol. The van der Waals surface area contributed by atoms with Gasteiger partial charge in [0.2, 0.25) is 5.91 Å². The Bertz CT molecular complexity index is 991. The Balaban J connectivity index is 1.23. The van der Waals surface area contributed by atoms with Crippen LogP contribution in [0.1, 0.15) is 30.9 Å². The number of nitrogens with zero attached hydrogens (tertiary/aromatic N) is 3. The van der Waals surface area contributed by atoms with Crippen molar-refractivity contribution in [1.29, 1.82) is 0 Å². The van der Waals surface area contributed by atoms with Crippen LogP contribution in [-0.2, 0) is 11.2 Å². The summed E-state index contributed by atoms with van der Waals surface area (Å²) >= 11 is 3.60. The van der Waals surface area contributed by atoms with E-state index in [9.17, 15) is 4.79 Å². The number of thiazole rings is 1. The van der Waals surface area contributed by atoms with Gasteiger partial charge in [-0.05, 0) is 55.3 Å². The van der Waals surface area contributed by atoms with Crippen LogP contribution in [0.5, 0.6) is 0 Å². The number of anilines is 1. The van der Waals surface area contributed by atoms with Crippen LogP contribution >= 0.6 is 23.1 Å². The summed E-state index contributed by atoms with van der Waals surface area (Å²) in [6.07, 6.45) is 2.61. The Hall–Kier alpha value is -2.05. The maximum atomic E-state index is 12.6. The maximum absolute atomic E-state index is 12.6. The normalized spacial score (nSPS) is 14.5. The summed E-state index contributed by atoms with van der Waals surface area (Å²) in [7, 11) is 0. The molecule has 0 spiro atoms. The third-order valence-corrected chi connectivity index (χ3v) is 7.75. The fraction of sp³-hybridized carbons (Fsp3) is 0.417. The van der Waals surface area contributed by atoms with E-state index < -0.39 is 0 Å². The van der Waals surface area contributed by atoms with Gasteiger partial charge in [0.05, 0.1) is 10.2 Å². The number of piperazine rings is 1. The van der Waals surface area contributed by atoms with Crippen LogP contribution in [0.4, 0.5) is 5.13 Å². The molecule has 0 saturated carbocycles. The molecular formula is C24H29N3OS2. The molecule has 6 heteroatoms. The zero-order valence-electron chi connectivity index (χ0n) is 17.8. The van der Waals surface area contributed by atoms with Crippen molar-refractivity contribution in [3.8, 4) is 0 Å². The maximum Gasteiger partial charge on any atom is 0.222 e. The minimum absolute atomic E-state index is 0.288. The number of amides is 1. The number of aryl methyl sites for hydroxylation is 2. The summed E-state index contributed by atoms with van der Waals surface area (Å²) in [5.41, 5.74) is 3.72. The molecule has 2 heterocycles. The standard InChI is InChI=1S/C24H29N3OS2/c1-3-19-8-11-21-22(17-19)30-24(25-21)27-14-12-26(13-15-27)23(28)5-4-16-29-20-9-6-18(2)7-10-20/h6-11,17H,3-5,12-16H2,1-2H3. The van der Waals surface area contributed by atoms with Crippen molar-refractivity contribution in [2.75, 3.05) is 36.8 Å². The largest absolute Gasteiger partial charge is 0.345 e. The van der Waals surface area contributed by atoms with Gasteiger partial charge in [0.15, 0.2) is 5.13 Å². The van der Waals surface area contributed by atoms with E-state index in [2.05, 4.69) is 61.2 Å². The lowest BCUT2D eigenvalue weighted by Gasteiger charge is -2.34. The first-order valence-electron chi connectivity index (χ1n) is 10.7. The zero-order chi connectivity index (χ0) is 20.9. The highest BCUT2D eigenvalue weighted by atomic mass is 32.2. The number of aromatic nitrogens is 1. The van der Waals surface area contributed by atoms with Gasteiger partial charge in [-0.2, -0.15) is 0 Å². The summed E-state index contributed by atoms with van der Waals surface area (Å²) in [4.78, 5) is 23.0. The molecule has 4 rings (SSSR count). The van der Waals surface area contributed by atoms with E-state index in [4.69, 9.17) is 4.98 Å². The second-order valence-corrected chi connectivity index (χ2v) is 9.96. The highest BCUT2D eigenvalue weighted by Gasteiger charge is 2.22. The molecule has 1 aliphatic rings. The monoisotopic (exact) mass is 439 g/mol. The van der Waals surface area contributed by atoms with Crippen LogP contribution in [0.25, 0.3) is 10.2 Å². The van der Waals surface area contributed by atoms with E-state index in [1.807, 2.05) is 16.7 Å². The number of benzene rings is 2. The topological polar surface area (TPSA) is 36.4 Å². The molecule has 1 fully saturated rings. The SMILES string of the molecule is CCc1ccc2nc(N3CCN(C(=O)CCCSc4ccc(C)cc4)CC3)sc2c1. The van der Waals surface area contributed by atoms with Gasteiger partial charge in [0.1, 0.15) is 0 Å². The van der Waals surface area contributed by atoms with Crippen LogP contribution < -0.4 is 4.90 Å². The molecule has 3 aromatic rings. The third-order valence-electron chi connectivity index (χ3n) is 5.58. The lowest BCUT2D eigenvalue weighted by Crippen LogP contribution is -2.48. The quantitative estimate of drug-likeness (QED) is 0.365. The molecule has 1 aliphatic heterocycles. The molecule has 2 aromatic carbocycles. The number of fused-ring (bicyclic) bond motifs is 1. The molecule has 0 atom stereocenters. The van der Waals surface area contributed by atoms with E-state index in [-0.39, 0.29) is 5.91 Å². The molecular weight excluding hydrogens is 410 g/mol. The van der Waals surface area contributed by atoms with E-state index in [0.717, 1.165) is 55.4 Å². The molecule has 0 bridgehead atoms. The van der Waals surface area contributed by atoms with Crippen molar-refractivity contribution < 1.29 is 4.79 Å². The molecule has 30 heavy (non-hydrogen) atoms. The molecule has 1 amide bonds. The van der Waals surface area contributed by atoms with Crippen LogP contribution in [0.15, 0.2) is 47.4 Å². The minimum atomic E-state index is 0.288. The number of carbonyl (C=O) groups is 1. The molecule has 1 aromatic heterocycles. The fourth-order valence-electron chi connectivity index (χ4n) is 3.67. The van der Waals surface area contributed by atoms with Gasteiger partial charge in [-0.3, -0.25) is 4.79 Å². The summed E-state index contributed by atoms with van der Waals surface area (Å²) in [6.45, 7) is 7.60. The van der Waals surface area contributed by atoms with E-state index >= 15 is 0 Å². The predicted octanol–water partition coefficient (Wildman–Crippen LogP) is 5.39. The Morgan fingerprint density at radius 2 is 1.87 bits per heavy atom. The van der Waals surface area contributed by atoms with Crippen molar-refractivity contribution in [3.63, 3.8) is 0 Å². The fourth-order valence-corrected chi connectivity index (χ4v) is 5.60. The van der Waals surface area contributed by atoms with Crippen LogP contribution in [0.2, 0.25) is 0 Å². The number of hydrogen-bond acceptors (Lipinski definition) is 5. The van der Waals surface area contributed by atoms with Crippen LogP contribution in [0.3, 0.4) is 0 Å². The molecule has 0 aliphatic carbocycles. The van der Waals surface area contributed by atoms with E-state index in [1.165, 1.54) is 20.7 Å². The number of rotatable bonds is 7. The second-order valence-electron chi connectivity index (χ2n) is 7.78. The van der Waals surface area contributed by atoms with Crippen molar-refractivity contribution in [2.24, 2.45) is 0 Å². The Morgan fingerprint density at radius 1 is 1.10 bits per heavy atom. The Morgan fingerprint density at radius 3 is 2.60 bits per heavy atom. The molecule has 158 valence electrons. The van der Waals surface area contributed by atoms with Crippen molar-refractivity contribution >= 4 is 44.4 Å². The van der Waals surface area contributed by atoms with Crippen molar-refractivity contribution in [3.05, 3.63) is 53.6 Å². The van der Waals surface area contributed by atoms with Crippen LogP contribution in [-0.4, -0.2) is 47.7 Å². The summed E-state index contributed by atoms with van der Waals surface area (Å²) in [6, 6.07) is 15.1. The number of hydrogen-bond donors (Lipinski definition) is 0. The van der Waals surface area contributed by atoms with Gasteiger partial charge in [-0.25, -0.2) is 4.98 Å². The Labute approximate surface area is 187 Å². The van der Waals surface area contributed by atoms with E-state index in [1.54, 1.807) is 11.3 Å². The molecule has 0 unspecified atom stereocenters. The summed E-state index contributed by atoms with van der Waals surface area (Å²) in [5.74, 6) is 1.27.